The molecule has 4 nitrogen and oxygen atoms in total. The Hall–Kier alpha value is -1.23. The first-order valence-electron chi connectivity index (χ1n) is 5.96. The van der Waals surface area contributed by atoms with Crippen LogP contribution in [0, 0.1) is 5.92 Å². The Bertz CT molecular complexity index is 457. The van der Waals surface area contributed by atoms with Gasteiger partial charge in [-0.3, -0.25) is 4.79 Å². The number of esters is 1. The average molecular weight is 331 g/mol. The Morgan fingerprint density at radius 3 is 2.21 bits per heavy atom. The highest BCUT2D eigenvalue weighted by molar-refractivity contribution is 9.10. The minimum absolute atomic E-state index is 0.0987. The van der Waals surface area contributed by atoms with Crippen LogP contribution in [0.3, 0.4) is 0 Å². The van der Waals surface area contributed by atoms with Gasteiger partial charge in [0.15, 0.2) is 0 Å². The second-order valence-electron chi connectivity index (χ2n) is 4.45. The van der Waals surface area contributed by atoms with E-state index in [9.17, 15) is 4.79 Å². The van der Waals surface area contributed by atoms with Crippen LogP contribution in [0.25, 0.3) is 0 Å². The van der Waals surface area contributed by atoms with Crippen LogP contribution in [0.2, 0.25) is 0 Å². The number of carbonyl (C=O) groups is 1. The van der Waals surface area contributed by atoms with Crippen molar-refractivity contribution in [3.63, 3.8) is 0 Å². The van der Waals surface area contributed by atoms with E-state index >= 15 is 0 Å². The lowest BCUT2D eigenvalue weighted by Crippen LogP contribution is -2.20. The number of methoxy groups -OCH3 is 3. The largest absolute Gasteiger partial charge is 0.495 e. The molecule has 0 aliphatic heterocycles. The fourth-order valence-electron chi connectivity index (χ4n) is 2.05. The van der Waals surface area contributed by atoms with Crippen LogP contribution in [0.5, 0.6) is 11.5 Å². The Labute approximate surface area is 122 Å². The first-order valence-corrected chi connectivity index (χ1v) is 6.75. The van der Waals surface area contributed by atoms with Gasteiger partial charge in [-0.15, -0.1) is 0 Å². The van der Waals surface area contributed by atoms with Gasteiger partial charge in [0.25, 0.3) is 0 Å². The predicted molar refractivity (Wildman–Crippen MR) is 76.8 cm³/mol. The summed E-state index contributed by atoms with van der Waals surface area (Å²) in [5.41, 5.74) is 0.789. The summed E-state index contributed by atoms with van der Waals surface area (Å²) in [5, 5.41) is 0. The van der Waals surface area contributed by atoms with E-state index in [4.69, 9.17) is 14.2 Å². The molecule has 1 aromatic rings. The molecule has 0 saturated carbocycles. The molecule has 5 heteroatoms. The SMILES string of the molecule is COC(=O)C(c1ccc(OC)c(Br)c1OC)C(C)C. The number of rotatable bonds is 5. The van der Waals surface area contributed by atoms with E-state index in [2.05, 4.69) is 15.9 Å². The molecule has 0 heterocycles. The van der Waals surface area contributed by atoms with Crippen LogP contribution >= 0.6 is 15.9 Å². The Balaban J connectivity index is 3.39. The lowest BCUT2D eigenvalue weighted by Gasteiger charge is -2.22. The minimum atomic E-state index is -0.373. The molecule has 0 radical (unpaired) electrons. The van der Waals surface area contributed by atoms with Gasteiger partial charge in [0, 0.05) is 5.56 Å². The fourth-order valence-corrected chi connectivity index (χ4v) is 2.73. The Morgan fingerprint density at radius 2 is 1.79 bits per heavy atom. The van der Waals surface area contributed by atoms with Crippen LogP contribution in [-0.4, -0.2) is 27.3 Å². The van der Waals surface area contributed by atoms with Gasteiger partial charge >= 0.3 is 5.97 Å². The fraction of sp³-hybridized carbons (Fsp3) is 0.500. The van der Waals surface area contributed by atoms with Crippen LogP contribution in [-0.2, 0) is 9.53 Å². The molecule has 0 aromatic heterocycles. The molecule has 1 aromatic carbocycles. The zero-order valence-electron chi connectivity index (χ0n) is 11.8. The quantitative estimate of drug-likeness (QED) is 0.776. The zero-order chi connectivity index (χ0) is 14.6. The number of benzene rings is 1. The van der Waals surface area contributed by atoms with Crippen LogP contribution in [0.15, 0.2) is 16.6 Å². The number of ether oxygens (including phenoxy) is 3. The highest BCUT2D eigenvalue weighted by atomic mass is 79.9. The smallest absolute Gasteiger partial charge is 0.313 e. The first-order chi connectivity index (χ1) is 8.97. The van der Waals surface area contributed by atoms with Crippen molar-refractivity contribution in [1.82, 2.24) is 0 Å². The third-order valence-electron chi connectivity index (χ3n) is 2.97. The number of carbonyl (C=O) groups excluding carboxylic acids is 1. The lowest BCUT2D eigenvalue weighted by atomic mass is 9.88. The molecular weight excluding hydrogens is 312 g/mol. The summed E-state index contributed by atoms with van der Waals surface area (Å²) in [6.45, 7) is 3.94. The summed E-state index contributed by atoms with van der Waals surface area (Å²) in [6, 6.07) is 3.64. The second-order valence-corrected chi connectivity index (χ2v) is 5.24. The maximum absolute atomic E-state index is 12.0. The van der Waals surface area contributed by atoms with Crippen molar-refractivity contribution < 1.29 is 19.0 Å². The van der Waals surface area contributed by atoms with Crippen LogP contribution in [0.1, 0.15) is 25.3 Å². The normalized spacial score (nSPS) is 12.2. The van der Waals surface area contributed by atoms with Gasteiger partial charge < -0.3 is 14.2 Å². The zero-order valence-corrected chi connectivity index (χ0v) is 13.4. The van der Waals surface area contributed by atoms with E-state index < -0.39 is 0 Å². The van der Waals surface area contributed by atoms with E-state index in [0.717, 1.165) is 5.56 Å². The number of hydrogen-bond acceptors (Lipinski definition) is 4. The molecule has 0 N–H and O–H groups in total. The van der Waals surface area contributed by atoms with Crippen LogP contribution in [0.4, 0.5) is 0 Å². The summed E-state index contributed by atoms with van der Waals surface area (Å²) in [7, 11) is 4.54. The molecule has 19 heavy (non-hydrogen) atoms. The van der Waals surface area contributed by atoms with Crippen molar-refractivity contribution >= 4 is 21.9 Å². The number of halogens is 1. The molecule has 0 saturated heterocycles. The molecule has 0 aliphatic carbocycles. The van der Waals surface area contributed by atoms with E-state index in [1.54, 1.807) is 20.3 Å². The van der Waals surface area contributed by atoms with E-state index in [1.807, 2.05) is 19.9 Å². The number of hydrogen-bond donors (Lipinski definition) is 0. The Kier molecular flexibility index (Phi) is 5.66. The van der Waals surface area contributed by atoms with E-state index in [-0.39, 0.29) is 17.8 Å². The van der Waals surface area contributed by atoms with Crippen molar-refractivity contribution in [2.45, 2.75) is 19.8 Å². The summed E-state index contributed by atoms with van der Waals surface area (Å²) >= 11 is 3.44. The van der Waals surface area contributed by atoms with Crippen LogP contribution < -0.4 is 9.47 Å². The van der Waals surface area contributed by atoms with Crippen molar-refractivity contribution in [3.05, 3.63) is 22.2 Å². The molecule has 0 fully saturated rings. The van der Waals surface area contributed by atoms with Gasteiger partial charge in [-0.05, 0) is 27.9 Å². The molecule has 0 amide bonds. The summed E-state index contributed by atoms with van der Waals surface area (Å²) in [5.74, 6) is 0.714. The van der Waals surface area contributed by atoms with Gasteiger partial charge in [-0.1, -0.05) is 19.9 Å². The molecule has 0 spiro atoms. The van der Waals surface area contributed by atoms with Crippen molar-refractivity contribution in [1.29, 1.82) is 0 Å². The Morgan fingerprint density at radius 1 is 1.16 bits per heavy atom. The minimum Gasteiger partial charge on any atom is -0.495 e. The van der Waals surface area contributed by atoms with E-state index in [1.165, 1.54) is 7.11 Å². The van der Waals surface area contributed by atoms with Gasteiger partial charge in [-0.2, -0.15) is 0 Å². The molecular formula is C14H19BrO4. The molecule has 0 aliphatic rings. The lowest BCUT2D eigenvalue weighted by molar-refractivity contribution is -0.143. The maximum atomic E-state index is 12.0. The van der Waals surface area contributed by atoms with Crippen molar-refractivity contribution in [3.8, 4) is 11.5 Å². The predicted octanol–water partition coefficient (Wildman–Crippen LogP) is 3.38. The first kappa shape index (κ1) is 15.8. The average Bonchev–Trinajstić information content (AvgIpc) is 2.38. The van der Waals surface area contributed by atoms with Gasteiger partial charge in [0.2, 0.25) is 0 Å². The molecule has 1 unspecified atom stereocenters. The molecule has 0 bridgehead atoms. The maximum Gasteiger partial charge on any atom is 0.313 e. The topological polar surface area (TPSA) is 44.8 Å². The summed E-state index contributed by atoms with van der Waals surface area (Å²) < 4.78 is 16.2. The second kappa shape index (κ2) is 6.80. The van der Waals surface area contributed by atoms with Gasteiger partial charge in [-0.25, -0.2) is 0 Å². The highest BCUT2D eigenvalue weighted by Crippen LogP contribution is 2.42. The molecule has 1 atom stereocenters. The van der Waals surface area contributed by atoms with Crippen molar-refractivity contribution in [2.24, 2.45) is 5.92 Å². The highest BCUT2D eigenvalue weighted by Gasteiger charge is 2.29. The van der Waals surface area contributed by atoms with Gasteiger partial charge in [0.1, 0.15) is 16.0 Å². The standard InChI is InChI=1S/C14H19BrO4/c1-8(2)11(14(16)19-5)9-6-7-10(17-3)12(15)13(9)18-4/h6-8,11H,1-5H3. The summed E-state index contributed by atoms with van der Waals surface area (Å²) in [4.78, 5) is 12.0. The molecule has 106 valence electrons. The van der Waals surface area contributed by atoms with E-state index in [0.29, 0.717) is 16.0 Å². The summed E-state index contributed by atoms with van der Waals surface area (Å²) in [6.07, 6.45) is 0. The third kappa shape index (κ3) is 3.21. The molecule has 1 rings (SSSR count). The van der Waals surface area contributed by atoms with Crippen molar-refractivity contribution in [2.75, 3.05) is 21.3 Å². The third-order valence-corrected chi connectivity index (χ3v) is 3.72. The van der Waals surface area contributed by atoms with Gasteiger partial charge in [0.05, 0.1) is 27.2 Å². The monoisotopic (exact) mass is 330 g/mol.